The highest BCUT2D eigenvalue weighted by Gasteiger charge is 2.06. The van der Waals surface area contributed by atoms with E-state index in [1.54, 1.807) is 18.9 Å². The Balaban J connectivity index is 2.69. The molecule has 0 spiro atoms. The molecular formula is C12H18ClNOS. The minimum Gasteiger partial charge on any atom is -0.384 e. The summed E-state index contributed by atoms with van der Waals surface area (Å²) in [4.78, 5) is 1.17. The van der Waals surface area contributed by atoms with Crippen LogP contribution in [0.1, 0.15) is 12.5 Å². The van der Waals surface area contributed by atoms with Gasteiger partial charge in [0.05, 0.1) is 11.6 Å². The summed E-state index contributed by atoms with van der Waals surface area (Å²) in [6.45, 7) is 4.68. The van der Waals surface area contributed by atoms with Crippen molar-refractivity contribution in [3.8, 4) is 0 Å². The van der Waals surface area contributed by atoms with E-state index in [0.29, 0.717) is 0 Å². The van der Waals surface area contributed by atoms with Gasteiger partial charge in [-0.1, -0.05) is 30.7 Å². The van der Waals surface area contributed by atoms with Crippen LogP contribution in [0.2, 0.25) is 5.02 Å². The van der Waals surface area contributed by atoms with Crippen LogP contribution in [0.3, 0.4) is 0 Å². The summed E-state index contributed by atoms with van der Waals surface area (Å²) in [5, 5.41) is 4.15. The summed E-state index contributed by atoms with van der Waals surface area (Å²) in [5.74, 6) is 0.930. The minimum atomic E-state index is 0.747. The number of nitrogens with one attached hydrogen (secondary N) is 1. The zero-order chi connectivity index (χ0) is 11.8. The number of rotatable bonds is 7. The second-order valence-electron chi connectivity index (χ2n) is 3.35. The fourth-order valence-electron chi connectivity index (χ4n) is 1.34. The molecule has 2 nitrogen and oxygen atoms in total. The normalized spacial score (nSPS) is 10.7. The lowest BCUT2D eigenvalue weighted by molar-refractivity contribution is 0.218. The molecule has 16 heavy (non-hydrogen) atoms. The third kappa shape index (κ3) is 4.34. The van der Waals surface area contributed by atoms with Crippen LogP contribution in [0.15, 0.2) is 23.1 Å². The predicted molar refractivity (Wildman–Crippen MR) is 71.4 cm³/mol. The zero-order valence-electron chi connectivity index (χ0n) is 9.75. The van der Waals surface area contributed by atoms with Crippen molar-refractivity contribution < 1.29 is 4.74 Å². The Morgan fingerprint density at radius 1 is 1.44 bits per heavy atom. The smallest absolute Gasteiger partial charge is 0.0556 e. The van der Waals surface area contributed by atoms with Gasteiger partial charge in [-0.15, -0.1) is 11.8 Å². The standard InChI is InChI=1S/C12H18ClNOS/c1-3-14-9-10-5-4-6-11(13)12(10)16-8-7-15-2/h4-6,14H,3,7-9H2,1-2H3. The largest absolute Gasteiger partial charge is 0.384 e. The van der Waals surface area contributed by atoms with Gasteiger partial charge in [0.1, 0.15) is 0 Å². The van der Waals surface area contributed by atoms with E-state index in [0.717, 1.165) is 30.5 Å². The highest BCUT2D eigenvalue weighted by molar-refractivity contribution is 7.99. The van der Waals surface area contributed by atoms with Gasteiger partial charge in [-0.05, 0) is 18.2 Å². The molecule has 0 saturated carbocycles. The van der Waals surface area contributed by atoms with E-state index >= 15 is 0 Å². The fraction of sp³-hybridized carbons (Fsp3) is 0.500. The monoisotopic (exact) mass is 259 g/mol. The van der Waals surface area contributed by atoms with Crippen molar-refractivity contribution in [3.05, 3.63) is 28.8 Å². The molecule has 0 fully saturated rings. The molecule has 0 aliphatic carbocycles. The van der Waals surface area contributed by atoms with Crippen molar-refractivity contribution in [1.29, 1.82) is 0 Å². The first-order valence-electron chi connectivity index (χ1n) is 5.39. The Hall–Kier alpha value is -0.220. The van der Waals surface area contributed by atoms with Crippen molar-refractivity contribution in [1.82, 2.24) is 5.32 Å². The van der Waals surface area contributed by atoms with Gasteiger partial charge < -0.3 is 10.1 Å². The summed E-state index contributed by atoms with van der Waals surface area (Å²) < 4.78 is 5.04. The topological polar surface area (TPSA) is 21.3 Å². The highest BCUT2D eigenvalue weighted by Crippen LogP contribution is 2.30. The van der Waals surface area contributed by atoms with Crippen LogP contribution in [0.4, 0.5) is 0 Å². The van der Waals surface area contributed by atoms with Crippen molar-refractivity contribution in [2.75, 3.05) is 26.0 Å². The maximum Gasteiger partial charge on any atom is 0.0556 e. The van der Waals surface area contributed by atoms with Crippen molar-refractivity contribution >= 4 is 23.4 Å². The molecule has 0 aromatic heterocycles. The number of thioether (sulfide) groups is 1. The quantitative estimate of drug-likeness (QED) is 0.600. The molecule has 4 heteroatoms. The second kappa shape index (κ2) is 7.96. The maximum atomic E-state index is 6.20. The van der Waals surface area contributed by atoms with Crippen LogP contribution in [0, 0.1) is 0 Å². The molecule has 1 N–H and O–H groups in total. The molecule has 0 heterocycles. The fourth-order valence-corrected chi connectivity index (χ4v) is 2.68. The van der Waals surface area contributed by atoms with Gasteiger partial charge in [0.25, 0.3) is 0 Å². The van der Waals surface area contributed by atoms with Crippen LogP contribution < -0.4 is 5.32 Å². The predicted octanol–water partition coefficient (Wildman–Crippen LogP) is 3.19. The summed E-state index contributed by atoms with van der Waals surface area (Å²) >= 11 is 7.95. The van der Waals surface area contributed by atoms with Crippen molar-refractivity contribution in [3.63, 3.8) is 0 Å². The van der Waals surface area contributed by atoms with E-state index in [1.165, 1.54) is 10.5 Å². The molecule has 0 unspecified atom stereocenters. The second-order valence-corrected chi connectivity index (χ2v) is 4.86. The van der Waals surface area contributed by atoms with E-state index < -0.39 is 0 Å². The lowest BCUT2D eigenvalue weighted by Gasteiger charge is -2.11. The van der Waals surface area contributed by atoms with Crippen LogP contribution in [0.25, 0.3) is 0 Å². The van der Waals surface area contributed by atoms with E-state index in [1.807, 2.05) is 12.1 Å². The Morgan fingerprint density at radius 3 is 2.94 bits per heavy atom. The van der Waals surface area contributed by atoms with Crippen molar-refractivity contribution in [2.45, 2.75) is 18.4 Å². The summed E-state index contributed by atoms with van der Waals surface area (Å²) in [7, 11) is 1.71. The Kier molecular flexibility index (Phi) is 6.88. The van der Waals surface area contributed by atoms with E-state index in [2.05, 4.69) is 18.3 Å². The molecule has 0 radical (unpaired) electrons. The third-order valence-electron chi connectivity index (χ3n) is 2.15. The lowest BCUT2D eigenvalue weighted by atomic mass is 10.2. The van der Waals surface area contributed by atoms with Gasteiger partial charge in [0.2, 0.25) is 0 Å². The van der Waals surface area contributed by atoms with Gasteiger partial charge in [-0.2, -0.15) is 0 Å². The first kappa shape index (κ1) is 13.8. The SMILES string of the molecule is CCNCc1cccc(Cl)c1SCCOC. The molecule has 90 valence electrons. The van der Waals surface area contributed by atoms with Crippen LogP contribution in [-0.2, 0) is 11.3 Å². The van der Waals surface area contributed by atoms with Gasteiger partial charge in [0.15, 0.2) is 0 Å². The minimum absolute atomic E-state index is 0.747. The number of ether oxygens (including phenoxy) is 1. The van der Waals surface area contributed by atoms with Crippen molar-refractivity contribution in [2.24, 2.45) is 0 Å². The summed E-state index contributed by atoms with van der Waals surface area (Å²) in [6.07, 6.45) is 0. The lowest BCUT2D eigenvalue weighted by Crippen LogP contribution is -2.12. The molecule has 0 saturated heterocycles. The number of halogens is 1. The average molecular weight is 260 g/mol. The van der Waals surface area contributed by atoms with Crippen LogP contribution >= 0.6 is 23.4 Å². The van der Waals surface area contributed by atoms with Gasteiger partial charge in [-0.3, -0.25) is 0 Å². The first-order valence-corrected chi connectivity index (χ1v) is 6.75. The molecule has 0 bridgehead atoms. The summed E-state index contributed by atoms with van der Waals surface area (Å²) in [5.41, 5.74) is 1.26. The number of hydrogen-bond donors (Lipinski definition) is 1. The summed E-state index contributed by atoms with van der Waals surface area (Å²) in [6, 6.07) is 6.05. The first-order chi connectivity index (χ1) is 7.79. The molecule has 0 amide bonds. The third-order valence-corrected chi connectivity index (χ3v) is 3.72. The van der Waals surface area contributed by atoms with Gasteiger partial charge >= 0.3 is 0 Å². The molecule has 0 aliphatic rings. The molecule has 1 rings (SSSR count). The number of hydrogen-bond acceptors (Lipinski definition) is 3. The van der Waals surface area contributed by atoms with Crippen LogP contribution in [-0.4, -0.2) is 26.0 Å². The Labute approximate surface area is 107 Å². The molecule has 0 aliphatic heterocycles. The van der Waals surface area contributed by atoms with Gasteiger partial charge in [0, 0.05) is 24.3 Å². The zero-order valence-corrected chi connectivity index (χ0v) is 11.3. The highest BCUT2D eigenvalue weighted by atomic mass is 35.5. The molecule has 1 aromatic carbocycles. The Morgan fingerprint density at radius 2 is 2.25 bits per heavy atom. The number of benzene rings is 1. The van der Waals surface area contributed by atoms with Gasteiger partial charge in [-0.25, -0.2) is 0 Å². The molecule has 0 atom stereocenters. The molecule has 1 aromatic rings. The van der Waals surface area contributed by atoms with E-state index in [-0.39, 0.29) is 0 Å². The number of methoxy groups -OCH3 is 1. The average Bonchev–Trinajstić information content (AvgIpc) is 2.29. The Bertz CT molecular complexity index is 320. The van der Waals surface area contributed by atoms with Crippen LogP contribution in [0.5, 0.6) is 0 Å². The maximum absolute atomic E-state index is 6.20. The molecular weight excluding hydrogens is 242 g/mol. The van der Waals surface area contributed by atoms with E-state index in [9.17, 15) is 0 Å². The van der Waals surface area contributed by atoms with E-state index in [4.69, 9.17) is 16.3 Å².